The van der Waals surface area contributed by atoms with Gasteiger partial charge in [0.25, 0.3) is 70.9 Å². The Kier molecular flexibility index (Phi) is 11.0. The molecule has 0 spiro atoms. The fourth-order valence-corrected chi connectivity index (χ4v) is 13.4. The monoisotopic (exact) mass is 1170 g/mol. The molecule has 6 aliphatic heterocycles. The number of amides is 12. The minimum absolute atomic E-state index is 0.0150. The Bertz CT molecular complexity index is 4390. The molecule has 0 aliphatic carbocycles. The van der Waals surface area contributed by atoms with Gasteiger partial charge in [-0.3, -0.25) is 57.5 Å². The molecule has 8 aromatic rings. The molecule has 0 saturated carbocycles. The van der Waals surface area contributed by atoms with Crippen molar-refractivity contribution in [1.82, 2.24) is 20.0 Å². The number of nitrogens with zero attached hydrogens (tertiary/aromatic N) is 6. The Balaban J connectivity index is 0.788. The number of carbonyl (C=O) groups is 12. The van der Waals surface area contributed by atoms with E-state index in [0.29, 0.717) is 31.4 Å². The van der Waals surface area contributed by atoms with E-state index in [-0.39, 0.29) is 110 Å². The number of benzene rings is 8. The fraction of sp³-hybridized carbons (Fsp3) is 0.229. The van der Waals surface area contributed by atoms with Gasteiger partial charge in [0.05, 0.1) is 55.9 Å². The van der Waals surface area contributed by atoms with Gasteiger partial charge in [-0.2, -0.15) is 20.0 Å². The third-order valence-electron chi connectivity index (χ3n) is 17.8. The molecule has 0 fully saturated rings. The Hall–Kier alpha value is -10.6. The second-order valence-corrected chi connectivity index (χ2v) is 27.3. The molecule has 12 amide bonds. The number of hydrogen-bond donors (Lipinski definition) is 0. The molecule has 0 bridgehead atoms. The van der Waals surface area contributed by atoms with Gasteiger partial charge in [0.15, 0.2) is 0 Å². The van der Waals surface area contributed by atoms with Crippen molar-refractivity contribution >= 4 is 115 Å². The van der Waals surface area contributed by atoms with Gasteiger partial charge in [-0.25, -0.2) is 9.80 Å². The first-order chi connectivity index (χ1) is 41.2. The lowest BCUT2D eigenvalue weighted by Crippen LogP contribution is -2.59. The van der Waals surface area contributed by atoms with Crippen molar-refractivity contribution in [3.63, 3.8) is 0 Å². The van der Waals surface area contributed by atoms with Gasteiger partial charge < -0.3 is 0 Å². The predicted octanol–water partition coefficient (Wildman–Crippen LogP) is 11.6. The molecule has 0 unspecified atom stereocenters. The maximum absolute atomic E-state index is 14.9. The average Bonchev–Trinajstić information content (AvgIpc) is 0.738. The van der Waals surface area contributed by atoms with E-state index >= 15 is 0 Å². The van der Waals surface area contributed by atoms with Gasteiger partial charge in [0, 0.05) is 54.6 Å². The van der Waals surface area contributed by atoms with Crippen molar-refractivity contribution in [1.29, 1.82) is 0 Å². The predicted molar refractivity (Wildman–Crippen MR) is 324 cm³/mol. The lowest BCUT2D eigenvalue weighted by atomic mass is 9.80. The van der Waals surface area contributed by atoms with Gasteiger partial charge in [-0.15, -0.1) is 0 Å². The van der Waals surface area contributed by atoms with E-state index in [4.69, 9.17) is 0 Å². The van der Waals surface area contributed by atoms with Crippen LogP contribution < -0.4 is 9.80 Å². The molecular formula is C70H54N6O12. The zero-order valence-electron chi connectivity index (χ0n) is 50.0. The van der Waals surface area contributed by atoms with Crippen molar-refractivity contribution in [3.05, 3.63) is 198 Å². The van der Waals surface area contributed by atoms with Gasteiger partial charge in [-0.1, -0.05) is 107 Å². The van der Waals surface area contributed by atoms with Crippen LogP contribution in [-0.4, -0.2) is 90.9 Å². The second-order valence-electron chi connectivity index (χ2n) is 27.3. The van der Waals surface area contributed by atoms with Crippen LogP contribution in [0.4, 0.5) is 11.4 Å². The number of hydrazine groups is 2. The summed E-state index contributed by atoms with van der Waals surface area (Å²) in [6.07, 6.45) is 0. The Morgan fingerprint density at radius 2 is 0.386 bits per heavy atom. The number of anilines is 2. The number of rotatable bonds is 4. The van der Waals surface area contributed by atoms with E-state index in [9.17, 15) is 57.5 Å². The molecule has 6 aliphatic rings. The molecule has 8 aromatic carbocycles. The number of carbonyl (C=O) groups excluding carboxylic acids is 12. The highest BCUT2D eigenvalue weighted by Gasteiger charge is 2.52. The van der Waals surface area contributed by atoms with Gasteiger partial charge in [0.1, 0.15) is 0 Å². The van der Waals surface area contributed by atoms with Crippen LogP contribution in [0.25, 0.3) is 32.3 Å². The van der Waals surface area contributed by atoms with Crippen LogP contribution >= 0.6 is 0 Å². The largest absolute Gasteiger partial charge is 0.281 e. The van der Waals surface area contributed by atoms with Gasteiger partial charge in [-0.05, 0) is 129 Å². The van der Waals surface area contributed by atoms with Crippen molar-refractivity contribution in [2.45, 2.75) is 105 Å². The molecule has 14 rings (SSSR count). The molecule has 0 radical (unpaired) electrons. The first-order valence-electron chi connectivity index (χ1n) is 28.7. The average molecular weight is 1170 g/mol. The summed E-state index contributed by atoms with van der Waals surface area (Å²) in [4.78, 5) is 180. The first-order valence-corrected chi connectivity index (χ1v) is 28.7. The molecule has 18 heteroatoms. The minimum Gasteiger partial charge on any atom is -0.268 e. The van der Waals surface area contributed by atoms with Crippen molar-refractivity contribution < 1.29 is 57.5 Å². The van der Waals surface area contributed by atoms with E-state index in [0.717, 1.165) is 32.1 Å². The summed E-state index contributed by atoms with van der Waals surface area (Å²) in [5, 5.41) is 1.29. The molecule has 0 atom stereocenters. The molecule has 0 N–H and O–H groups in total. The Morgan fingerprint density at radius 3 is 0.545 bits per heavy atom. The summed E-state index contributed by atoms with van der Waals surface area (Å²) in [6.45, 7) is 23.9. The van der Waals surface area contributed by atoms with Crippen LogP contribution in [-0.2, 0) is 21.7 Å². The topological polar surface area (TPSA) is 224 Å². The van der Waals surface area contributed by atoms with Crippen molar-refractivity contribution in [2.75, 3.05) is 9.80 Å². The molecule has 18 nitrogen and oxygen atoms in total. The highest BCUT2D eigenvalue weighted by molar-refractivity contribution is 6.42. The molecule has 6 heterocycles. The van der Waals surface area contributed by atoms with Crippen LogP contribution in [0.2, 0.25) is 0 Å². The lowest BCUT2D eigenvalue weighted by molar-refractivity contribution is 0.00168. The van der Waals surface area contributed by atoms with Crippen molar-refractivity contribution in [3.8, 4) is 0 Å². The second kappa shape index (κ2) is 17.5. The highest BCUT2D eigenvalue weighted by atomic mass is 16.2. The van der Waals surface area contributed by atoms with Crippen LogP contribution in [0.5, 0.6) is 0 Å². The standard InChI is InChI=1S/C70H54N6O12/c1-67(2,3)31-13-27-45(69(7,8)9)47(29-31)71-55(77)33-15-19-37-51-38(20-16-34(49(33)51)56(71)78)60(82)73(59(37)81)75-63(85)41-23-25-43-54-44(26-24-42(53(41)54)64(75)86)66(88)76(65(43)87)74-61(83)39-21-17-35-50-36(18-22-40(52(39)50)62(74)84)58(80)72(57(35)79)48-30-32(68(4,5)6)14-28-46(48)70(10,11)12/h13-30H,1-12H3. The number of imide groups is 6. The quantitative estimate of drug-likeness (QED) is 0.150. The summed E-state index contributed by atoms with van der Waals surface area (Å²) in [7, 11) is 0. The molecule has 88 heavy (non-hydrogen) atoms. The van der Waals surface area contributed by atoms with Crippen LogP contribution in [0.1, 0.15) is 230 Å². The smallest absolute Gasteiger partial charge is 0.268 e. The zero-order chi connectivity index (χ0) is 63.0. The zero-order valence-corrected chi connectivity index (χ0v) is 50.0. The maximum Gasteiger partial charge on any atom is 0.281 e. The number of hydrogen-bond acceptors (Lipinski definition) is 12. The third-order valence-corrected chi connectivity index (χ3v) is 17.8. The van der Waals surface area contributed by atoms with Gasteiger partial charge in [0.2, 0.25) is 0 Å². The van der Waals surface area contributed by atoms with Crippen LogP contribution in [0.3, 0.4) is 0 Å². The molecular weight excluding hydrogens is 1120 g/mol. The SMILES string of the molecule is CC(C)(C)c1ccc(C(C)(C)C)c(N2C(=O)c3ccc4c5c(ccc(c35)C2=O)C(=O)N(N2C(=O)c3ccc5c6c(ccc(c36)C2=O)C(=O)N(N2C(=O)c3ccc6c7c(ccc(c37)C2=O)C(=O)N(c2cc(C(C)(C)C)ccc2C(C)(C)C)C6=O)C5=O)C4=O)c1. The van der Waals surface area contributed by atoms with E-state index in [2.05, 4.69) is 0 Å². The summed E-state index contributed by atoms with van der Waals surface area (Å²) in [5.74, 6) is -12.0. The van der Waals surface area contributed by atoms with E-state index in [1.165, 1.54) is 72.8 Å². The summed E-state index contributed by atoms with van der Waals surface area (Å²) >= 11 is 0. The van der Waals surface area contributed by atoms with E-state index in [1.807, 2.05) is 119 Å². The minimum atomic E-state index is -1.18. The summed E-state index contributed by atoms with van der Waals surface area (Å²) in [5.41, 5.74) is 0.549. The van der Waals surface area contributed by atoms with E-state index < -0.39 is 81.7 Å². The Morgan fingerprint density at radius 1 is 0.216 bits per heavy atom. The van der Waals surface area contributed by atoms with Gasteiger partial charge >= 0.3 is 0 Å². The van der Waals surface area contributed by atoms with Crippen LogP contribution in [0, 0.1) is 0 Å². The molecule has 436 valence electrons. The fourth-order valence-electron chi connectivity index (χ4n) is 13.4. The Labute approximate surface area is 502 Å². The normalized spacial score (nSPS) is 16.8. The maximum atomic E-state index is 14.9. The third kappa shape index (κ3) is 7.16. The van der Waals surface area contributed by atoms with Crippen LogP contribution in [0.15, 0.2) is 109 Å². The summed E-state index contributed by atoms with van der Waals surface area (Å²) < 4.78 is 0. The highest BCUT2D eigenvalue weighted by Crippen LogP contribution is 2.48. The summed E-state index contributed by atoms with van der Waals surface area (Å²) in [6, 6.07) is 26.8. The first kappa shape index (κ1) is 55.3. The van der Waals surface area contributed by atoms with E-state index in [1.54, 1.807) is 0 Å². The van der Waals surface area contributed by atoms with Crippen molar-refractivity contribution in [2.24, 2.45) is 0 Å². The lowest BCUT2D eigenvalue weighted by Gasteiger charge is -2.39. The molecule has 0 aromatic heterocycles. The molecule has 0 saturated heterocycles.